The number of hydrogen-bond acceptors (Lipinski definition) is 3. The average Bonchev–Trinajstić information content (AvgIpc) is 2.11. The molecule has 4 heteroatoms. The van der Waals surface area contributed by atoms with E-state index in [0.717, 1.165) is 19.3 Å². The number of carbonyl (C=O) groups excluding carboxylic acids is 1. The maximum Gasteiger partial charge on any atom is 0.322 e. The van der Waals surface area contributed by atoms with Gasteiger partial charge in [-0.25, -0.2) is 0 Å². The zero-order valence-electron chi connectivity index (χ0n) is 9.00. The summed E-state index contributed by atoms with van der Waals surface area (Å²) in [5.41, 5.74) is -1.44. The van der Waals surface area contributed by atoms with E-state index in [1.165, 1.54) is 13.8 Å². The van der Waals surface area contributed by atoms with Crippen LogP contribution < -0.4 is 0 Å². The summed E-state index contributed by atoms with van der Waals surface area (Å²) in [5.74, 6) is -1.82. The molecule has 0 rings (SSSR count). The summed E-state index contributed by atoms with van der Waals surface area (Å²) in [5, 5.41) is 8.71. The standard InChI is InChI=1S/C10H18O4/c1-4-5-6-7-14-9(13)10(2,3)8(11)12/h4-7H2,1-3H3,(H,11,12). The van der Waals surface area contributed by atoms with E-state index in [4.69, 9.17) is 9.84 Å². The topological polar surface area (TPSA) is 63.6 Å². The highest BCUT2D eigenvalue weighted by Gasteiger charge is 2.37. The number of unbranched alkanes of at least 4 members (excludes halogenated alkanes) is 2. The van der Waals surface area contributed by atoms with Gasteiger partial charge in [-0.1, -0.05) is 19.8 Å². The zero-order chi connectivity index (χ0) is 11.2. The SMILES string of the molecule is CCCCCOC(=O)C(C)(C)C(=O)O. The van der Waals surface area contributed by atoms with Crippen molar-refractivity contribution in [2.75, 3.05) is 6.61 Å². The summed E-state index contributed by atoms with van der Waals surface area (Å²) >= 11 is 0. The highest BCUT2D eigenvalue weighted by Crippen LogP contribution is 2.17. The van der Waals surface area contributed by atoms with Gasteiger partial charge in [-0.15, -0.1) is 0 Å². The first-order valence-electron chi connectivity index (χ1n) is 4.83. The Morgan fingerprint density at radius 3 is 2.29 bits per heavy atom. The van der Waals surface area contributed by atoms with Crippen LogP contribution in [0.2, 0.25) is 0 Å². The number of ether oxygens (including phenoxy) is 1. The maximum absolute atomic E-state index is 11.3. The molecule has 14 heavy (non-hydrogen) atoms. The fourth-order valence-electron chi connectivity index (χ4n) is 0.785. The Hall–Kier alpha value is -1.06. The van der Waals surface area contributed by atoms with Crippen LogP contribution in [0, 0.1) is 5.41 Å². The Morgan fingerprint density at radius 2 is 1.86 bits per heavy atom. The van der Waals surface area contributed by atoms with Crippen LogP contribution in [0.1, 0.15) is 40.0 Å². The summed E-state index contributed by atoms with van der Waals surface area (Å²) in [6, 6.07) is 0. The lowest BCUT2D eigenvalue weighted by molar-refractivity contribution is -0.166. The Labute approximate surface area is 84.3 Å². The van der Waals surface area contributed by atoms with Gasteiger partial charge in [0.25, 0.3) is 0 Å². The van der Waals surface area contributed by atoms with Crippen molar-refractivity contribution in [2.45, 2.75) is 40.0 Å². The van der Waals surface area contributed by atoms with Crippen LogP contribution in [0.5, 0.6) is 0 Å². The highest BCUT2D eigenvalue weighted by molar-refractivity contribution is 5.98. The number of rotatable bonds is 6. The molecule has 82 valence electrons. The van der Waals surface area contributed by atoms with Gasteiger partial charge >= 0.3 is 11.9 Å². The van der Waals surface area contributed by atoms with Crippen molar-refractivity contribution in [3.05, 3.63) is 0 Å². The van der Waals surface area contributed by atoms with Gasteiger partial charge in [0, 0.05) is 0 Å². The van der Waals surface area contributed by atoms with Crippen molar-refractivity contribution in [2.24, 2.45) is 5.41 Å². The molecule has 0 spiro atoms. The number of esters is 1. The van der Waals surface area contributed by atoms with E-state index in [0.29, 0.717) is 6.61 Å². The fraction of sp³-hybridized carbons (Fsp3) is 0.800. The average molecular weight is 202 g/mol. The summed E-state index contributed by atoms with van der Waals surface area (Å²) in [6.07, 6.45) is 2.82. The second-order valence-electron chi connectivity index (χ2n) is 3.77. The van der Waals surface area contributed by atoms with Crippen molar-refractivity contribution >= 4 is 11.9 Å². The Bertz CT molecular complexity index is 208. The van der Waals surface area contributed by atoms with Gasteiger partial charge in [0.05, 0.1) is 6.61 Å². The smallest absolute Gasteiger partial charge is 0.322 e. The fourth-order valence-corrected chi connectivity index (χ4v) is 0.785. The van der Waals surface area contributed by atoms with Crippen molar-refractivity contribution < 1.29 is 19.4 Å². The minimum Gasteiger partial charge on any atom is -0.480 e. The molecule has 0 radical (unpaired) electrons. The summed E-state index contributed by atoms with van der Waals surface area (Å²) in [6.45, 7) is 5.04. The van der Waals surface area contributed by atoms with Crippen LogP contribution in [0.25, 0.3) is 0 Å². The Morgan fingerprint density at radius 1 is 1.29 bits per heavy atom. The lowest BCUT2D eigenvalue weighted by Crippen LogP contribution is -2.35. The number of aliphatic carboxylic acids is 1. The molecule has 0 unspecified atom stereocenters. The molecule has 0 aliphatic rings. The largest absolute Gasteiger partial charge is 0.480 e. The third-order valence-electron chi connectivity index (χ3n) is 2.03. The minimum absolute atomic E-state index is 0.309. The number of carboxylic acids is 1. The van der Waals surface area contributed by atoms with Gasteiger partial charge in [0.15, 0.2) is 5.41 Å². The van der Waals surface area contributed by atoms with E-state index in [-0.39, 0.29) is 0 Å². The number of carbonyl (C=O) groups is 2. The molecule has 0 aromatic carbocycles. The molecule has 0 bridgehead atoms. The first kappa shape index (κ1) is 12.9. The quantitative estimate of drug-likeness (QED) is 0.405. The van der Waals surface area contributed by atoms with Gasteiger partial charge < -0.3 is 9.84 Å². The van der Waals surface area contributed by atoms with E-state index in [9.17, 15) is 9.59 Å². The second-order valence-corrected chi connectivity index (χ2v) is 3.77. The van der Waals surface area contributed by atoms with E-state index in [2.05, 4.69) is 0 Å². The van der Waals surface area contributed by atoms with Crippen LogP contribution in [-0.4, -0.2) is 23.7 Å². The molecule has 0 amide bonds. The second kappa shape index (κ2) is 5.62. The highest BCUT2D eigenvalue weighted by atomic mass is 16.5. The van der Waals surface area contributed by atoms with Crippen molar-refractivity contribution in [1.29, 1.82) is 0 Å². The van der Waals surface area contributed by atoms with Crippen LogP contribution in [0.15, 0.2) is 0 Å². The third-order valence-corrected chi connectivity index (χ3v) is 2.03. The molecule has 0 fully saturated rings. The lowest BCUT2D eigenvalue weighted by atomic mass is 9.94. The first-order chi connectivity index (χ1) is 6.42. The third kappa shape index (κ3) is 3.77. The van der Waals surface area contributed by atoms with Gasteiger partial charge in [0.1, 0.15) is 0 Å². The Kier molecular flexibility index (Phi) is 5.20. The van der Waals surface area contributed by atoms with Crippen LogP contribution in [0.4, 0.5) is 0 Å². The monoisotopic (exact) mass is 202 g/mol. The molecule has 0 aromatic rings. The van der Waals surface area contributed by atoms with Crippen LogP contribution in [0.3, 0.4) is 0 Å². The number of hydrogen-bond donors (Lipinski definition) is 1. The van der Waals surface area contributed by atoms with E-state index in [1.807, 2.05) is 6.92 Å². The zero-order valence-corrected chi connectivity index (χ0v) is 9.00. The summed E-state index contributed by atoms with van der Waals surface area (Å²) < 4.78 is 4.85. The van der Waals surface area contributed by atoms with Crippen molar-refractivity contribution in [1.82, 2.24) is 0 Å². The van der Waals surface area contributed by atoms with Gasteiger partial charge in [-0.05, 0) is 20.3 Å². The Balaban J connectivity index is 3.90. The van der Waals surface area contributed by atoms with Crippen molar-refractivity contribution in [3.63, 3.8) is 0 Å². The molecule has 0 saturated carbocycles. The van der Waals surface area contributed by atoms with Gasteiger partial charge in [-0.2, -0.15) is 0 Å². The molecular formula is C10H18O4. The van der Waals surface area contributed by atoms with Crippen molar-refractivity contribution in [3.8, 4) is 0 Å². The number of carboxylic acid groups (broad SMARTS) is 1. The van der Waals surface area contributed by atoms with E-state index < -0.39 is 17.4 Å². The van der Waals surface area contributed by atoms with Crippen LogP contribution in [-0.2, 0) is 14.3 Å². The molecule has 0 aliphatic heterocycles. The summed E-state index contributed by atoms with van der Waals surface area (Å²) in [7, 11) is 0. The van der Waals surface area contributed by atoms with E-state index in [1.54, 1.807) is 0 Å². The molecule has 0 aliphatic carbocycles. The molecule has 0 atom stereocenters. The predicted molar refractivity (Wildman–Crippen MR) is 51.9 cm³/mol. The molecular weight excluding hydrogens is 184 g/mol. The normalized spacial score (nSPS) is 11.1. The van der Waals surface area contributed by atoms with Gasteiger partial charge in [-0.3, -0.25) is 9.59 Å². The summed E-state index contributed by atoms with van der Waals surface area (Å²) in [4.78, 5) is 21.9. The molecule has 0 heterocycles. The lowest BCUT2D eigenvalue weighted by Gasteiger charge is -2.17. The predicted octanol–water partition coefficient (Wildman–Crippen LogP) is 1.83. The molecule has 4 nitrogen and oxygen atoms in total. The van der Waals surface area contributed by atoms with Gasteiger partial charge in [0.2, 0.25) is 0 Å². The molecule has 0 aromatic heterocycles. The maximum atomic E-state index is 11.3. The van der Waals surface area contributed by atoms with Crippen LogP contribution >= 0.6 is 0 Å². The minimum atomic E-state index is -1.44. The van der Waals surface area contributed by atoms with E-state index >= 15 is 0 Å². The molecule has 0 saturated heterocycles. The molecule has 1 N–H and O–H groups in total. The first-order valence-corrected chi connectivity index (χ1v) is 4.83.